The summed E-state index contributed by atoms with van der Waals surface area (Å²) >= 11 is 5.86. The molecule has 0 aliphatic heterocycles. The van der Waals surface area contributed by atoms with E-state index in [-0.39, 0.29) is 11.9 Å². The number of carbonyl (C=O) groups is 1. The van der Waals surface area contributed by atoms with E-state index in [1.165, 1.54) is 0 Å². The van der Waals surface area contributed by atoms with E-state index in [2.05, 4.69) is 5.32 Å². The van der Waals surface area contributed by atoms with Crippen molar-refractivity contribution >= 4 is 17.5 Å². The molecule has 3 nitrogen and oxygen atoms in total. The summed E-state index contributed by atoms with van der Waals surface area (Å²) in [5.41, 5.74) is 2.09. The molecular formula is C18H20ClNO2. The first-order valence-corrected chi connectivity index (χ1v) is 7.67. The second-order valence-electron chi connectivity index (χ2n) is 5.20. The summed E-state index contributed by atoms with van der Waals surface area (Å²) in [4.78, 5) is 12.0. The molecule has 0 spiro atoms. The van der Waals surface area contributed by atoms with Crippen molar-refractivity contribution in [2.24, 2.45) is 0 Å². The Morgan fingerprint density at radius 1 is 1.18 bits per heavy atom. The number of amides is 1. The van der Waals surface area contributed by atoms with Crippen LogP contribution in [0.25, 0.3) is 0 Å². The van der Waals surface area contributed by atoms with Crippen LogP contribution in [-0.2, 0) is 4.79 Å². The van der Waals surface area contributed by atoms with Crippen LogP contribution in [0, 0.1) is 6.92 Å². The fourth-order valence-corrected chi connectivity index (χ4v) is 2.25. The van der Waals surface area contributed by atoms with Gasteiger partial charge in [-0.15, -0.1) is 0 Å². The average molecular weight is 318 g/mol. The zero-order valence-electron chi connectivity index (χ0n) is 12.8. The Bertz CT molecular complexity index is 625. The fraction of sp³-hybridized carbons (Fsp3) is 0.278. The number of para-hydroxylation sites is 1. The average Bonchev–Trinajstić information content (AvgIpc) is 2.50. The van der Waals surface area contributed by atoms with Crippen LogP contribution in [0.5, 0.6) is 5.75 Å². The van der Waals surface area contributed by atoms with E-state index in [4.69, 9.17) is 16.3 Å². The van der Waals surface area contributed by atoms with Gasteiger partial charge in [0.25, 0.3) is 0 Å². The van der Waals surface area contributed by atoms with Crippen LogP contribution in [0.1, 0.15) is 30.5 Å². The molecule has 0 heterocycles. The van der Waals surface area contributed by atoms with Gasteiger partial charge in [-0.3, -0.25) is 4.79 Å². The lowest BCUT2D eigenvalue weighted by molar-refractivity contribution is -0.122. The summed E-state index contributed by atoms with van der Waals surface area (Å²) in [6, 6.07) is 15.2. The molecular weight excluding hydrogens is 298 g/mol. The van der Waals surface area contributed by atoms with E-state index in [9.17, 15) is 4.79 Å². The molecule has 0 fully saturated rings. The zero-order chi connectivity index (χ0) is 15.9. The third-order valence-corrected chi connectivity index (χ3v) is 3.68. The number of benzene rings is 2. The van der Waals surface area contributed by atoms with Crippen LogP contribution in [0.2, 0.25) is 5.02 Å². The van der Waals surface area contributed by atoms with Crippen molar-refractivity contribution in [2.45, 2.75) is 26.3 Å². The molecule has 2 rings (SSSR count). The van der Waals surface area contributed by atoms with E-state index in [0.29, 0.717) is 18.1 Å². The van der Waals surface area contributed by atoms with E-state index < -0.39 is 0 Å². The number of ether oxygens (including phenoxy) is 1. The van der Waals surface area contributed by atoms with Gasteiger partial charge in [0, 0.05) is 5.02 Å². The highest BCUT2D eigenvalue weighted by Gasteiger charge is 2.09. The van der Waals surface area contributed by atoms with Gasteiger partial charge >= 0.3 is 0 Å². The number of hydrogen-bond donors (Lipinski definition) is 1. The molecule has 0 radical (unpaired) electrons. The zero-order valence-corrected chi connectivity index (χ0v) is 13.6. The third kappa shape index (κ3) is 4.78. The number of aryl methyl sites for hydroxylation is 1. The van der Waals surface area contributed by atoms with Crippen molar-refractivity contribution in [1.29, 1.82) is 0 Å². The van der Waals surface area contributed by atoms with E-state index in [1.54, 1.807) is 0 Å². The maximum atomic E-state index is 12.0. The minimum Gasteiger partial charge on any atom is -0.493 e. The van der Waals surface area contributed by atoms with E-state index in [1.807, 2.05) is 62.4 Å². The molecule has 2 aromatic carbocycles. The van der Waals surface area contributed by atoms with Crippen molar-refractivity contribution in [3.63, 3.8) is 0 Å². The summed E-state index contributed by atoms with van der Waals surface area (Å²) < 4.78 is 5.63. The maximum Gasteiger partial charge on any atom is 0.223 e. The predicted molar refractivity (Wildman–Crippen MR) is 89.3 cm³/mol. The highest BCUT2D eigenvalue weighted by molar-refractivity contribution is 6.30. The molecule has 116 valence electrons. The summed E-state index contributed by atoms with van der Waals surface area (Å²) in [5.74, 6) is 0.789. The molecule has 2 aromatic rings. The van der Waals surface area contributed by atoms with Gasteiger partial charge in [-0.2, -0.15) is 0 Å². The molecule has 0 unspecified atom stereocenters. The van der Waals surface area contributed by atoms with Gasteiger partial charge < -0.3 is 10.1 Å². The number of rotatable bonds is 6. The van der Waals surface area contributed by atoms with Crippen molar-refractivity contribution in [3.05, 3.63) is 64.7 Å². The van der Waals surface area contributed by atoms with E-state index in [0.717, 1.165) is 16.9 Å². The van der Waals surface area contributed by atoms with Gasteiger partial charge in [0.15, 0.2) is 0 Å². The molecule has 1 amide bonds. The number of halogens is 1. The summed E-state index contributed by atoms with van der Waals surface area (Å²) in [5, 5.41) is 3.64. The maximum absolute atomic E-state index is 12.0. The Labute approximate surface area is 136 Å². The Hall–Kier alpha value is -2.00. The lowest BCUT2D eigenvalue weighted by atomic mass is 10.1. The third-order valence-electron chi connectivity index (χ3n) is 3.43. The number of hydrogen-bond acceptors (Lipinski definition) is 2. The largest absolute Gasteiger partial charge is 0.493 e. The van der Waals surface area contributed by atoms with Gasteiger partial charge in [0.2, 0.25) is 5.91 Å². The lowest BCUT2D eigenvalue weighted by Gasteiger charge is -2.15. The lowest BCUT2D eigenvalue weighted by Crippen LogP contribution is -2.27. The predicted octanol–water partition coefficient (Wildman–Crippen LogP) is 4.29. The highest BCUT2D eigenvalue weighted by atomic mass is 35.5. The van der Waals surface area contributed by atoms with Gasteiger partial charge in [0.1, 0.15) is 5.75 Å². The topological polar surface area (TPSA) is 38.3 Å². The van der Waals surface area contributed by atoms with Crippen molar-refractivity contribution in [1.82, 2.24) is 5.32 Å². The first-order valence-electron chi connectivity index (χ1n) is 7.29. The van der Waals surface area contributed by atoms with Crippen LogP contribution in [-0.4, -0.2) is 12.5 Å². The first-order chi connectivity index (χ1) is 10.6. The normalized spacial score (nSPS) is 11.8. The van der Waals surface area contributed by atoms with Gasteiger partial charge in [-0.1, -0.05) is 41.9 Å². The molecule has 0 saturated heterocycles. The van der Waals surface area contributed by atoms with Crippen LogP contribution in [0.4, 0.5) is 0 Å². The van der Waals surface area contributed by atoms with Crippen LogP contribution in [0.15, 0.2) is 48.5 Å². The van der Waals surface area contributed by atoms with Gasteiger partial charge in [0.05, 0.1) is 19.1 Å². The molecule has 1 N–H and O–H groups in total. The second kappa shape index (κ2) is 7.85. The second-order valence-corrected chi connectivity index (χ2v) is 5.64. The van der Waals surface area contributed by atoms with E-state index >= 15 is 0 Å². The number of nitrogens with one attached hydrogen (secondary N) is 1. The van der Waals surface area contributed by atoms with Gasteiger partial charge in [-0.25, -0.2) is 0 Å². The van der Waals surface area contributed by atoms with Crippen LogP contribution < -0.4 is 10.1 Å². The molecule has 22 heavy (non-hydrogen) atoms. The Morgan fingerprint density at radius 3 is 2.55 bits per heavy atom. The smallest absolute Gasteiger partial charge is 0.223 e. The monoisotopic (exact) mass is 317 g/mol. The minimum atomic E-state index is -0.0526. The molecule has 4 heteroatoms. The minimum absolute atomic E-state index is 0.0314. The fourth-order valence-electron chi connectivity index (χ4n) is 2.12. The summed E-state index contributed by atoms with van der Waals surface area (Å²) in [6.07, 6.45) is 0.326. The highest BCUT2D eigenvalue weighted by Crippen LogP contribution is 2.17. The Kier molecular flexibility index (Phi) is 5.84. The van der Waals surface area contributed by atoms with Crippen molar-refractivity contribution in [2.75, 3.05) is 6.61 Å². The summed E-state index contributed by atoms with van der Waals surface area (Å²) in [7, 11) is 0. The van der Waals surface area contributed by atoms with Crippen molar-refractivity contribution < 1.29 is 9.53 Å². The van der Waals surface area contributed by atoms with Gasteiger partial charge in [-0.05, 0) is 43.2 Å². The molecule has 0 aliphatic rings. The SMILES string of the molecule is Cc1ccccc1OCCC(=O)N[C@H](C)c1ccc(Cl)cc1. The van der Waals surface area contributed by atoms with Crippen LogP contribution >= 0.6 is 11.6 Å². The first kappa shape index (κ1) is 16.4. The quantitative estimate of drug-likeness (QED) is 0.863. The Balaban J connectivity index is 1.78. The van der Waals surface area contributed by atoms with Crippen molar-refractivity contribution in [3.8, 4) is 5.75 Å². The summed E-state index contributed by atoms with van der Waals surface area (Å²) in [6.45, 7) is 4.30. The standard InChI is InChI=1S/C18H20ClNO2/c1-13-5-3-4-6-17(13)22-12-11-18(21)20-14(2)15-7-9-16(19)10-8-15/h3-10,14H,11-12H2,1-2H3,(H,20,21)/t14-/m1/s1. The van der Waals surface area contributed by atoms with Crippen LogP contribution in [0.3, 0.4) is 0 Å². The molecule has 1 atom stereocenters. The molecule has 0 aliphatic carbocycles. The molecule has 0 bridgehead atoms. The molecule has 0 aromatic heterocycles. The number of carbonyl (C=O) groups excluding carboxylic acids is 1. The molecule has 0 saturated carbocycles. The Morgan fingerprint density at radius 2 is 1.86 bits per heavy atom.